The summed E-state index contributed by atoms with van der Waals surface area (Å²) in [5, 5.41) is 7.57. The van der Waals surface area contributed by atoms with Crippen LogP contribution in [0.3, 0.4) is 0 Å². The van der Waals surface area contributed by atoms with Gasteiger partial charge in [0.2, 0.25) is 0 Å². The summed E-state index contributed by atoms with van der Waals surface area (Å²) in [6, 6.07) is 0.279. The Morgan fingerprint density at radius 2 is 2.27 bits per heavy atom. The van der Waals surface area contributed by atoms with Crippen LogP contribution in [0.25, 0.3) is 0 Å². The molecule has 2 atom stereocenters. The Bertz CT molecular complexity index is 359. The van der Waals surface area contributed by atoms with Gasteiger partial charge < -0.3 is 5.32 Å². The van der Waals surface area contributed by atoms with Crippen LogP contribution < -0.4 is 5.32 Å². The highest BCUT2D eigenvalue weighted by molar-refractivity contribution is 5.25. The van der Waals surface area contributed by atoms with Gasteiger partial charge in [0.15, 0.2) is 0 Å². The fraction of sp³-hybridized carbons (Fsp3) is 0.727. The van der Waals surface area contributed by atoms with Crippen molar-refractivity contribution in [3.63, 3.8) is 0 Å². The number of nitrogens with zero attached hydrogens (tertiary/aromatic N) is 2. The van der Waals surface area contributed by atoms with Crippen molar-refractivity contribution in [2.24, 2.45) is 7.05 Å². The van der Waals surface area contributed by atoms with E-state index < -0.39 is 6.17 Å². The lowest BCUT2D eigenvalue weighted by molar-refractivity contribution is 0.355. The largest absolute Gasteiger partial charge is 0.311 e. The molecule has 1 aliphatic rings. The van der Waals surface area contributed by atoms with Crippen LogP contribution in [0, 0.1) is 13.8 Å². The molecule has 0 bridgehead atoms. The summed E-state index contributed by atoms with van der Waals surface area (Å²) in [5.41, 5.74) is 3.53. The van der Waals surface area contributed by atoms with Crippen molar-refractivity contribution in [1.82, 2.24) is 15.1 Å². The molecule has 0 aromatic carbocycles. The van der Waals surface area contributed by atoms with Crippen LogP contribution in [0.4, 0.5) is 4.39 Å². The molecule has 2 rings (SSSR count). The predicted octanol–water partition coefficient (Wildman–Crippen LogP) is 1.28. The number of rotatable bonds is 2. The SMILES string of the molecule is Cc1nn(C)c(C)c1C[C@H]1C[C@@H](F)CN1. The van der Waals surface area contributed by atoms with Crippen LogP contribution in [0.5, 0.6) is 0 Å². The van der Waals surface area contributed by atoms with Gasteiger partial charge in [-0.1, -0.05) is 0 Å². The molecule has 0 saturated carbocycles. The highest BCUT2D eigenvalue weighted by atomic mass is 19.1. The average molecular weight is 211 g/mol. The average Bonchev–Trinajstić information content (AvgIpc) is 2.67. The summed E-state index contributed by atoms with van der Waals surface area (Å²) in [7, 11) is 1.95. The van der Waals surface area contributed by atoms with E-state index in [1.165, 1.54) is 11.3 Å². The lowest BCUT2D eigenvalue weighted by atomic mass is 10.0. The third kappa shape index (κ3) is 2.04. The molecule has 1 N–H and O–H groups in total. The Balaban J connectivity index is 2.10. The third-order valence-corrected chi connectivity index (χ3v) is 3.28. The Labute approximate surface area is 89.7 Å². The van der Waals surface area contributed by atoms with E-state index in [0.29, 0.717) is 13.0 Å². The summed E-state index contributed by atoms with van der Waals surface area (Å²) in [4.78, 5) is 0. The van der Waals surface area contributed by atoms with Crippen LogP contribution in [-0.2, 0) is 13.5 Å². The molecule has 1 aromatic rings. The van der Waals surface area contributed by atoms with E-state index in [1.807, 2.05) is 18.7 Å². The highest BCUT2D eigenvalue weighted by Gasteiger charge is 2.25. The van der Waals surface area contributed by atoms with E-state index in [2.05, 4.69) is 17.3 Å². The van der Waals surface area contributed by atoms with E-state index in [0.717, 1.165) is 12.1 Å². The summed E-state index contributed by atoms with van der Waals surface area (Å²) >= 11 is 0. The van der Waals surface area contributed by atoms with Gasteiger partial charge in [-0.15, -0.1) is 0 Å². The summed E-state index contributed by atoms with van der Waals surface area (Å²) in [6.45, 7) is 4.59. The molecule has 3 nitrogen and oxygen atoms in total. The van der Waals surface area contributed by atoms with Gasteiger partial charge in [0, 0.05) is 25.3 Å². The minimum absolute atomic E-state index is 0.279. The molecular formula is C11H18FN3. The maximum atomic E-state index is 13.0. The van der Waals surface area contributed by atoms with Crippen molar-refractivity contribution in [3.05, 3.63) is 17.0 Å². The maximum Gasteiger partial charge on any atom is 0.114 e. The lowest BCUT2D eigenvalue weighted by Crippen LogP contribution is -2.24. The molecule has 0 aliphatic carbocycles. The van der Waals surface area contributed by atoms with Crippen molar-refractivity contribution >= 4 is 0 Å². The molecule has 0 radical (unpaired) electrons. The number of halogens is 1. The Morgan fingerprint density at radius 1 is 1.53 bits per heavy atom. The van der Waals surface area contributed by atoms with Gasteiger partial charge in [0.1, 0.15) is 6.17 Å². The maximum absolute atomic E-state index is 13.0. The number of aryl methyl sites for hydroxylation is 2. The van der Waals surface area contributed by atoms with Crippen LogP contribution in [0.1, 0.15) is 23.4 Å². The number of hydrogen-bond acceptors (Lipinski definition) is 2. The molecule has 0 spiro atoms. The van der Waals surface area contributed by atoms with E-state index >= 15 is 0 Å². The van der Waals surface area contributed by atoms with Crippen LogP contribution in [0.2, 0.25) is 0 Å². The second kappa shape index (κ2) is 3.93. The van der Waals surface area contributed by atoms with Crippen LogP contribution in [0.15, 0.2) is 0 Å². The zero-order valence-corrected chi connectivity index (χ0v) is 9.55. The van der Waals surface area contributed by atoms with E-state index in [-0.39, 0.29) is 6.04 Å². The molecule has 1 aliphatic heterocycles. The summed E-state index contributed by atoms with van der Waals surface area (Å²) in [6.07, 6.45) is 0.854. The van der Waals surface area contributed by atoms with Crippen LogP contribution in [-0.4, -0.2) is 28.5 Å². The van der Waals surface area contributed by atoms with Crippen molar-refractivity contribution in [2.45, 2.75) is 38.9 Å². The minimum Gasteiger partial charge on any atom is -0.311 e. The van der Waals surface area contributed by atoms with E-state index in [9.17, 15) is 4.39 Å². The zero-order chi connectivity index (χ0) is 11.0. The van der Waals surface area contributed by atoms with Gasteiger partial charge in [-0.2, -0.15) is 5.10 Å². The Kier molecular flexibility index (Phi) is 2.78. The van der Waals surface area contributed by atoms with Gasteiger partial charge in [0.05, 0.1) is 5.69 Å². The number of aromatic nitrogens is 2. The molecule has 0 amide bonds. The fourth-order valence-corrected chi connectivity index (χ4v) is 2.28. The predicted molar refractivity (Wildman–Crippen MR) is 57.7 cm³/mol. The van der Waals surface area contributed by atoms with Gasteiger partial charge in [-0.05, 0) is 32.3 Å². The Hall–Kier alpha value is -0.900. The molecule has 4 heteroatoms. The quantitative estimate of drug-likeness (QED) is 0.798. The van der Waals surface area contributed by atoms with Crippen molar-refractivity contribution in [2.75, 3.05) is 6.54 Å². The molecule has 84 valence electrons. The molecule has 1 aromatic heterocycles. The molecular weight excluding hydrogens is 193 g/mol. The minimum atomic E-state index is -0.674. The fourth-order valence-electron chi connectivity index (χ4n) is 2.28. The van der Waals surface area contributed by atoms with Crippen molar-refractivity contribution in [1.29, 1.82) is 0 Å². The van der Waals surface area contributed by atoms with Gasteiger partial charge in [0.25, 0.3) is 0 Å². The topological polar surface area (TPSA) is 29.9 Å². The molecule has 1 fully saturated rings. The van der Waals surface area contributed by atoms with Gasteiger partial charge in [-0.25, -0.2) is 4.39 Å². The number of hydrogen-bond donors (Lipinski definition) is 1. The monoisotopic (exact) mass is 211 g/mol. The smallest absolute Gasteiger partial charge is 0.114 e. The first kappa shape index (κ1) is 10.6. The first-order chi connectivity index (χ1) is 7.08. The van der Waals surface area contributed by atoms with Gasteiger partial charge in [-0.3, -0.25) is 4.68 Å². The van der Waals surface area contributed by atoms with Crippen LogP contribution >= 0.6 is 0 Å². The highest BCUT2D eigenvalue weighted by Crippen LogP contribution is 2.19. The summed E-state index contributed by atoms with van der Waals surface area (Å²) < 4.78 is 14.9. The van der Waals surface area contributed by atoms with Crippen molar-refractivity contribution < 1.29 is 4.39 Å². The molecule has 15 heavy (non-hydrogen) atoms. The normalized spacial score (nSPS) is 26.1. The molecule has 0 unspecified atom stereocenters. The molecule has 1 saturated heterocycles. The molecule has 2 heterocycles. The first-order valence-electron chi connectivity index (χ1n) is 5.44. The first-order valence-corrected chi connectivity index (χ1v) is 5.44. The lowest BCUT2D eigenvalue weighted by Gasteiger charge is -2.09. The van der Waals surface area contributed by atoms with E-state index in [1.54, 1.807) is 0 Å². The summed E-state index contributed by atoms with van der Waals surface area (Å²) in [5.74, 6) is 0. The Morgan fingerprint density at radius 3 is 2.73 bits per heavy atom. The van der Waals surface area contributed by atoms with Crippen molar-refractivity contribution in [3.8, 4) is 0 Å². The second-order valence-corrected chi connectivity index (χ2v) is 4.42. The second-order valence-electron chi connectivity index (χ2n) is 4.42. The third-order valence-electron chi connectivity index (χ3n) is 3.28. The number of nitrogens with one attached hydrogen (secondary N) is 1. The zero-order valence-electron chi connectivity index (χ0n) is 9.55. The standard InChI is InChI=1S/C11H18FN3/c1-7-11(8(2)15(3)14-7)5-10-4-9(12)6-13-10/h9-10,13H,4-6H2,1-3H3/t9-,10-/m1/s1. The van der Waals surface area contributed by atoms with Gasteiger partial charge >= 0.3 is 0 Å². The number of alkyl halides is 1. The van der Waals surface area contributed by atoms with E-state index in [4.69, 9.17) is 0 Å².